The number of rotatable bonds is 8. The molecule has 1 saturated heterocycles. The molecule has 2 atom stereocenters. The highest BCUT2D eigenvalue weighted by molar-refractivity contribution is 7.09. The Morgan fingerprint density at radius 1 is 1.25 bits per heavy atom. The van der Waals surface area contributed by atoms with Gasteiger partial charge in [-0.1, -0.05) is 29.8 Å². The highest BCUT2D eigenvalue weighted by Gasteiger charge is 2.36. The fourth-order valence-electron chi connectivity index (χ4n) is 3.93. The number of anilines is 2. The van der Waals surface area contributed by atoms with E-state index in [-0.39, 0.29) is 34.6 Å². The summed E-state index contributed by atoms with van der Waals surface area (Å²) in [5, 5.41) is 3.27. The van der Waals surface area contributed by atoms with Crippen LogP contribution in [-0.2, 0) is 9.53 Å². The fourth-order valence-corrected chi connectivity index (χ4v) is 4.80. The summed E-state index contributed by atoms with van der Waals surface area (Å²) in [5.41, 5.74) is 11.4. The number of hydrogen-bond acceptors (Lipinski definition) is 7. The number of halogens is 2. The van der Waals surface area contributed by atoms with Gasteiger partial charge in [-0.15, -0.1) is 0 Å². The Kier molecular flexibility index (Phi) is 7.82. The molecular formula is C24H23ClFN5O4S. The van der Waals surface area contributed by atoms with Crippen LogP contribution >= 0.6 is 23.1 Å². The van der Waals surface area contributed by atoms with Crippen LogP contribution in [0.4, 0.5) is 15.8 Å². The van der Waals surface area contributed by atoms with Crippen LogP contribution in [-0.4, -0.2) is 41.4 Å². The van der Waals surface area contributed by atoms with Gasteiger partial charge in [0.05, 0.1) is 11.8 Å². The average molecular weight is 532 g/mol. The van der Waals surface area contributed by atoms with Gasteiger partial charge in [0.2, 0.25) is 5.91 Å². The van der Waals surface area contributed by atoms with E-state index in [0.29, 0.717) is 28.7 Å². The minimum atomic E-state index is -1.24. The summed E-state index contributed by atoms with van der Waals surface area (Å²) in [5.74, 6) is -2.79. The molecule has 5 N–H and O–H groups in total. The van der Waals surface area contributed by atoms with Crippen molar-refractivity contribution in [3.05, 3.63) is 75.5 Å². The summed E-state index contributed by atoms with van der Waals surface area (Å²) in [6.45, 7) is 0.852. The number of hydrogen-bond donors (Lipinski definition) is 3. The number of nitrogens with zero attached hydrogens (tertiary/aromatic N) is 2. The Balaban J connectivity index is 1.80. The third-order valence-corrected chi connectivity index (χ3v) is 6.78. The summed E-state index contributed by atoms with van der Waals surface area (Å²) in [6.07, 6.45) is 1.54. The van der Waals surface area contributed by atoms with Crippen molar-refractivity contribution < 1.29 is 23.5 Å². The molecule has 3 amide bonds. The average Bonchev–Trinajstić information content (AvgIpc) is 3.51. The number of primary amides is 1. The Morgan fingerprint density at radius 3 is 2.61 bits per heavy atom. The summed E-state index contributed by atoms with van der Waals surface area (Å²) in [4.78, 5) is 40.2. The molecular weight excluding hydrogens is 509 g/mol. The zero-order chi connectivity index (χ0) is 25.8. The molecule has 0 radical (unpaired) electrons. The zero-order valence-corrected chi connectivity index (χ0v) is 20.5. The third-order valence-electron chi connectivity index (χ3n) is 5.68. The maximum absolute atomic E-state index is 14.3. The van der Waals surface area contributed by atoms with Crippen LogP contribution in [0.15, 0.2) is 48.5 Å². The van der Waals surface area contributed by atoms with Gasteiger partial charge in [0.1, 0.15) is 16.7 Å². The molecule has 2 heterocycles. The molecule has 0 saturated carbocycles. The number of amides is 3. The first-order valence-corrected chi connectivity index (χ1v) is 12.2. The molecule has 0 spiro atoms. The second-order valence-corrected chi connectivity index (χ2v) is 9.34. The van der Waals surface area contributed by atoms with E-state index < -0.39 is 29.6 Å². The topological polar surface area (TPSA) is 141 Å². The lowest BCUT2D eigenvalue weighted by atomic mass is 10.0. The molecule has 1 aliphatic heterocycles. The van der Waals surface area contributed by atoms with Gasteiger partial charge in [-0.05, 0) is 60.3 Å². The minimum absolute atomic E-state index is 0.0978. The molecule has 188 valence electrons. The standard InChI is InChI=1S/C24H23ClFN5O4S/c25-14-8-6-13(7-9-14)20(23(33)29-12-17-5-2-10-35-17)31(16-4-1-3-15(26)11-16)24(34)21-18(27)19(22(28)32)30-36-21/h1,3-4,6-9,11,17,20H,2,5,10,12,27H2,(H2,28,32)(H,29,33)/t17-,20-/m0/s1. The van der Waals surface area contributed by atoms with Gasteiger partial charge in [0.25, 0.3) is 11.8 Å². The third kappa shape index (κ3) is 5.48. The molecule has 1 fully saturated rings. The van der Waals surface area contributed by atoms with E-state index in [1.54, 1.807) is 24.3 Å². The van der Waals surface area contributed by atoms with Crippen molar-refractivity contribution in [2.45, 2.75) is 25.0 Å². The summed E-state index contributed by atoms with van der Waals surface area (Å²) < 4.78 is 23.8. The molecule has 4 rings (SSSR count). The molecule has 36 heavy (non-hydrogen) atoms. The Labute approximate surface area is 215 Å². The monoisotopic (exact) mass is 531 g/mol. The van der Waals surface area contributed by atoms with Gasteiger partial charge in [-0.3, -0.25) is 19.3 Å². The van der Waals surface area contributed by atoms with Crippen molar-refractivity contribution >= 4 is 52.2 Å². The Morgan fingerprint density at radius 2 is 2.00 bits per heavy atom. The molecule has 9 nitrogen and oxygen atoms in total. The van der Waals surface area contributed by atoms with Crippen molar-refractivity contribution in [2.24, 2.45) is 5.73 Å². The van der Waals surface area contributed by atoms with E-state index >= 15 is 0 Å². The Bertz CT molecular complexity index is 1280. The highest BCUT2D eigenvalue weighted by Crippen LogP contribution is 2.34. The van der Waals surface area contributed by atoms with Gasteiger partial charge in [-0.2, -0.15) is 4.37 Å². The summed E-state index contributed by atoms with van der Waals surface area (Å²) in [7, 11) is 0. The van der Waals surface area contributed by atoms with Crippen LogP contribution < -0.4 is 21.7 Å². The number of carbonyl (C=O) groups excluding carboxylic acids is 3. The molecule has 12 heteroatoms. The number of nitrogens with one attached hydrogen (secondary N) is 1. The Hall–Kier alpha value is -3.54. The molecule has 1 aliphatic rings. The maximum Gasteiger partial charge on any atom is 0.273 e. The first kappa shape index (κ1) is 25.5. The van der Waals surface area contributed by atoms with Crippen LogP contribution in [0, 0.1) is 5.82 Å². The van der Waals surface area contributed by atoms with Crippen molar-refractivity contribution in [2.75, 3.05) is 23.8 Å². The molecule has 1 aromatic heterocycles. The first-order valence-electron chi connectivity index (χ1n) is 11.0. The molecule has 3 aromatic rings. The van der Waals surface area contributed by atoms with Gasteiger partial charge >= 0.3 is 0 Å². The number of aromatic nitrogens is 1. The van der Waals surface area contributed by atoms with E-state index in [1.807, 2.05) is 0 Å². The largest absolute Gasteiger partial charge is 0.395 e. The quantitative estimate of drug-likeness (QED) is 0.407. The summed E-state index contributed by atoms with van der Waals surface area (Å²) >= 11 is 6.72. The lowest BCUT2D eigenvalue weighted by Crippen LogP contribution is -2.45. The lowest BCUT2D eigenvalue weighted by molar-refractivity contribution is -0.123. The fraction of sp³-hybridized carbons (Fsp3) is 0.250. The van der Waals surface area contributed by atoms with Gasteiger partial charge in [0.15, 0.2) is 5.69 Å². The van der Waals surface area contributed by atoms with Gasteiger partial charge < -0.3 is 21.5 Å². The van der Waals surface area contributed by atoms with Crippen molar-refractivity contribution in [3.63, 3.8) is 0 Å². The van der Waals surface area contributed by atoms with Crippen LogP contribution in [0.1, 0.15) is 44.6 Å². The van der Waals surface area contributed by atoms with Gasteiger partial charge in [-0.25, -0.2) is 4.39 Å². The maximum atomic E-state index is 14.3. The van der Waals surface area contributed by atoms with Crippen LogP contribution in [0.2, 0.25) is 5.02 Å². The summed E-state index contributed by atoms with van der Waals surface area (Å²) in [6, 6.07) is 10.4. The second kappa shape index (κ2) is 11.0. The molecule has 2 aromatic carbocycles. The zero-order valence-electron chi connectivity index (χ0n) is 18.9. The number of ether oxygens (including phenoxy) is 1. The number of benzene rings is 2. The normalized spacial score (nSPS) is 15.9. The smallest absolute Gasteiger partial charge is 0.273 e. The van der Waals surface area contributed by atoms with Crippen LogP contribution in [0.3, 0.4) is 0 Å². The number of nitrogen functional groups attached to an aromatic ring is 1. The van der Waals surface area contributed by atoms with Crippen molar-refractivity contribution in [1.82, 2.24) is 9.69 Å². The predicted molar refractivity (Wildman–Crippen MR) is 134 cm³/mol. The minimum Gasteiger partial charge on any atom is -0.395 e. The van der Waals surface area contributed by atoms with Crippen molar-refractivity contribution in [3.8, 4) is 0 Å². The molecule has 0 aliphatic carbocycles. The SMILES string of the molecule is NC(=O)c1nsc(C(=O)N(c2cccc(F)c2)[C@H](C(=O)NC[C@@H]2CCCO2)c2ccc(Cl)cc2)c1N. The van der Waals surface area contributed by atoms with Crippen LogP contribution in [0.25, 0.3) is 0 Å². The first-order chi connectivity index (χ1) is 17.3. The molecule has 0 unspecified atom stereocenters. The highest BCUT2D eigenvalue weighted by atomic mass is 35.5. The van der Waals surface area contributed by atoms with E-state index in [4.69, 9.17) is 27.8 Å². The van der Waals surface area contributed by atoms with E-state index in [9.17, 15) is 18.8 Å². The van der Waals surface area contributed by atoms with E-state index in [2.05, 4.69) is 9.69 Å². The van der Waals surface area contributed by atoms with Gasteiger partial charge in [0, 0.05) is 23.9 Å². The predicted octanol–water partition coefficient (Wildman–Crippen LogP) is 3.30. The lowest BCUT2D eigenvalue weighted by Gasteiger charge is -2.31. The molecule has 0 bridgehead atoms. The van der Waals surface area contributed by atoms with E-state index in [0.717, 1.165) is 23.8 Å². The van der Waals surface area contributed by atoms with E-state index in [1.165, 1.54) is 18.2 Å². The van der Waals surface area contributed by atoms with Crippen LogP contribution in [0.5, 0.6) is 0 Å². The van der Waals surface area contributed by atoms with Crippen molar-refractivity contribution in [1.29, 1.82) is 0 Å². The number of carbonyl (C=O) groups is 3. The second-order valence-electron chi connectivity index (χ2n) is 8.13. The number of nitrogens with two attached hydrogens (primary N) is 2.